The van der Waals surface area contributed by atoms with Crippen LogP contribution in [0.2, 0.25) is 0 Å². The first-order valence-electron chi connectivity index (χ1n) is 11.6. The van der Waals surface area contributed by atoms with Gasteiger partial charge in [0.15, 0.2) is 5.76 Å². The summed E-state index contributed by atoms with van der Waals surface area (Å²) in [5.74, 6) is 0.254. The van der Waals surface area contributed by atoms with Crippen LogP contribution in [-0.4, -0.2) is 47.8 Å². The molecule has 192 valence electrons. The molecule has 0 aliphatic rings. The largest absolute Gasteiger partial charge is 0.508 e. The van der Waals surface area contributed by atoms with Gasteiger partial charge in [0, 0.05) is 17.3 Å². The highest BCUT2D eigenvalue weighted by molar-refractivity contribution is 6.01. The summed E-state index contributed by atoms with van der Waals surface area (Å²) < 4.78 is 5.53. The highest BCUT2D eigenvalue weighted by atomic mass is 16.3. The van der Waals surface area contributed by atoms with Crippen molar-refractivity contribution in [3.8, 4) is 23.1 Å². The van der Waals surface area contributed by atoms with Crippen LogP contribution in [0, 0.1) is 6.92 Å². The number of benzene rings is 2. The van der Waals surface area contributed by atoms with E-state index < -0.39 is 23.4 Å². The number of carbonyl (C=O) groups is 2. The number of rotatable bonds is 7. The molecule has 2 aromatic heterocycles. The molecule has 0 aliphatic carbocycles. The minimum atomic E-state index is -1.13. The van der Waals surface area contributed by atoms with E-state index in [1.807, 2.05) is 20.8 Å². The molecule has 11 nitrogen and oxygen atoms in total. The summed E-state index contributed by atoms with van der Waals surface area (Å²) in [6.45, 7) is 6.93. The van der Waals surface area contributed by atoms with Crippen LogP contribution < -0.4 is 10.2 Å². The summed E-state index contributed by atoms with van der Waals surface area (Å²) >= 11 is 0. The third-order valence-corrected chi connectivity index (χ3v) is 5.28. The standard InChI is InChI=1S/C26H28N6O5/c1-16-8-13-21(37-16)24-28-30-31(29-24)15-22(35)32(18-6-5-7-20(34)14-18)23(25(36)27-26(2,3)4)17-9-11-19(33)12-10-17/h5-14,23,33-34H,15H2,1-4H3,(H,27,36)/t23-/m0/s1. The molecule has 4 rings (SSSR count). The molecule has 0 unspecified atom stereocenters. The zero-order valence-electron chi connectivity index (χ0n) is 20.9. The Morgan fingerprint density at radius 1 is 1.05 bits per heavy atom. The van der Waals surface area contributed by atoms with E-state index >= 15 is 0 Å². The number of carbonyl (C=O) groups excluding carboxylic acids is 2. The Labute approximate surface area is 213 Å². The van der Waals surface area contributed by atoms with E-state index in [1.165, 1.54) is 29.2 Å². The van der Waals surface area contributed by atoms with Gasteiger partial charge in [-0.2, -0.15) is 4.80 Å². The van der Waals surface area contributed by atoms with E-state index in [-0.39, 0.29) is 29.6 Å². The zero-order chi connectivity index (χ0) is 26.7. The maximum Gasteiger partial charge on any atom is 0.251 e. The van der Waals surface area contributed by atoms with Crippen molar-refractivity contribution < 1.29 is 24.2 Å². The number of nitrogens with one attached hydrogen (secondary N) is 1. The van der Waals surface area contributed by atoms with Crippen LogP contribution >= 0.6 is 0 Å². The fourth-order valence-corrected chi connectivity index (χ4v) is 3.75. The molecule has 0 aliphatic heterocycles. The lowest BCUT2D eigenvalue weighted by atomic mass is 10.0. The molecule has 0 fully saturated rings. The average molecular weight is 505 g/mol. The minimum Gasteiger partial charge on any atom is -0.508 e. The number of hydrogen-bond donors (Lipinski definition) is 3. The first-order chi connectivity index (χ1) is 17.5. The smallest absolute Gasteiger partial charge is 0.251 e. The van der Waals surface area contributed by atoms with E-state index in [9.17, 15) is 19.8 Å². The quantitative estimate of drug-likeness (QED) is 0.347. The van der Waals surface area contributed by atoms with Gasteiger partial charge in [0.05, 0.1) is 0 Å². The fraction of sp³-hybridized carbons (Fsp3) is 0.269. The molecule has 2 aromatic carbocycles. The van der Waals surface area contributed by atoms with Crippen molar-refractivity contribution in [2.24, 2.45) is 0 Å². The van der Waals surface area contributed by atoms with E-state index in [1.54, 1.807) is 43.3 Å². The molecular weight excluding hydrogens is 476 g/mol. The second kappa shape index (κ2) is 10.1. The van der Waals surface area contributed by atoms with Crippen LogP contribution in [0.3, 0.4) is 0 Å². The van der Waals surface area contributed by atoms with Gasteiger partial charge in [-0.15, -0.1) is 10.2 Å². The third-order valence-electron chi connectivity index (χ3n) is 5.28. The predicted octanol–water partition coefficient (Wildman–Crippen LogP) is 3.34. The topological polar surface area (TPSA) is 147 Å². The van der Waals surface area contributed by atoms with Gasteiger partial charge in [-0.05, 0) is 74.9 Å². The van der Waals surface area contributed by atoms with Crippen LogP contribution in [-0.2, 0) is 16.1 Å². The predicted molar refractivity (Wildman–Crippen MR) is 135 cm³/mol. The lowest BCUT2D eigenvalue weighted by Gasteiger charge is -2.33. The Morgan fingerprint density at radius 3 is 2.41 bits per heavy atom. The maximum atomic E-state index is 13.8. The second-order valence-corrected chi connectivity index (χ2v) is 9.57. The lowest BCUT2D eigenvalue weighted by molar-refractivity contribution is -0.128. The Balaban J connectivity index is 1.75. The second-order valence-electron chi connectivity index (χ2n) is 9.57. The number of aryl methyl sites for hydroxylation is 1. The van der Waals surface area contributed by atoms with Crippen LogP contribution in [0.15, 0.2) is 65.1 Å². The third kappa shape index (κ3) is 6.13. The molecule has 0 saturated heterocycles. The highest BCUT2D eigenvalue weighted by Gasteiger charge is 2.35. The van der Waals surface area contributed by atoms with E-state index in [0.717, 1.165) is 4.80 Å². The maximum absolute atomic E-state index is 13.8. The number of furan rings is 1. The Kier molecular flexibility index (Phi) is 6.96. The number of phenols is 2. The SMILES string of the molecule is Cc1ccc(-c2nnn(CC(=O)N(c3cccc(O)c3)[C@H](C(=O)NC(C)(C)C)c3ccc(O)cc3)n2)o1. The summed E-state index contributed by atoms with van der Waals surface area (Å²) in [7, 11) is 0. The summed E-state index contributed by atoms with van der Waals surface area (Å²) in [6.07, 6.45) is 0. The summed E-state index contributed by atoms with van der Waals surface area (Å²) in [6, 6.07) is 14.4. The van der Waals surface area contributed by atoms with Gasteiger partial charge in [-0.1, -0.05) is 18.2 Å². The van der Waals surface area contributed by atoms with E-state index in [0.29, 0.717) is 17.1 Å². The van der Waals surface area contributed by atoms with Gasteiger partial charge in [-0.25, -0.2) is 0 Å². The molecule has 37 heavy (non-hydrogen) atoms. The average Bonchev–Trinajstić information content (AvgIpc) is 3.45. The van der Waals surface area contributed by atoms with Crippen LogP contribution in [0.1, 0.15) is 38.1 Å². The van der Waals surface area contributed by atoms with Gasteiger partial charge in [0.2, 0.25) is 11.7 Å². The summed E-state index contributed by atoms with van der Waals surface area (Å²) in [5.41, 5.74) is 0.146. The van der Waals surface area contributed by atoms with Crippen molar-refractivity contribution in [1.82, 2.24) is 25.5 Å². The number of nitrogens with zero attached hydrogens (tertiary/aromatic N) is 5. The molecule has 3 N–H and O–H groups in total. The first kappa shape index (κ1) is 25.4. The Morgan fingerprint density at radius 2 is 1.78 bits per heavy atom. The molecule has 1 atom stereocenters. The number of phenolic OH excluding ortho intramolecular Hbond substituents is 2. The van der Waals surface area contributed by atoms with Crippen LogP contribution in [0.25, 0.3) is 11.6 Å². The van der Waals surface area contributed by atoms with Crippen molar-refractivity contribution in [3.05, 3.63) is 72.0 Å². The van der Waals surface area contributed by atoms with Gasteiger partial charge >= 0.3 is 0 Å². The molecule has 0 saturated carbocycles. The van der Waals surface area contributed by atoms with Gasteiger partial charge < -0.3 is 19.9 Å². The minimum absolute atomic E-state index is 0.0152. The number of amides is 2. The normalized spacial score (nSPS) is 12.2. The lowest BCUT2D eigenvalue weighted by Crippen LogP contribution is -2.50. The van der Waals surface area contributed by atoms with Crippen molar-refractivity contribution in [2.75, 3.05) is 4.90 Å². The molecule has 11 heteroatoms. The number of aromatic nitrogens is 4. The monoisotopic (exact) mass is 504 g/mol. The van der Waals surface area contributed by atoms with Gasteiger partial charge in [0.25, 0.3) is 5.91 Å². The summed E-state index contributed by atoms with van der Waals surface area (Å²) in [4.78, 5) is 29.8. The fourth-order valence-electron chi connectivity index (χ4n) is 3.75. The molecular formula is C26H28N6O5. The number of anilines is 1. The Hall–Kier alpha value is -4.67. The van der Waals surface area contributed by atoms with Crippen molar-refractivity contribution in [3.63, 3.8) is 0 Å². The number of hydrogen-bond acceptors (Lipinski definition) is 8. The first-order valence-corrected chi connectivity index (χ1v) is 11.6. The molecule has 2 amide bonds. The molecule has 4 aromatic rings. The van der Waals surface area contributed by atoms with Crippen molar-refractivity contribution >= 4 is 17.5 Å². The van der Waals surface area contributed by atoms with Crippen LogP contribution in [0.5, 0.6) is 11.5 Å². The molecule has 0 bridgehead atoms. The van der Waals surface area contributed by atoms with Gasteiger partial charge in [0.1, 0.15) is 29.8 Å². The van der Waals surface area contributed by atoms with Crippen LogP contribution in [0.4, 0.5) is 5.69 Å². The van der Waals surface area contributed by atoms with Crippen molar-refractivity contribution in [2.45, 2.75) is 45.8 Å². The highest BCUT2D eigenvalue weighted by Crippen LogP contribution is 2.31. The molecule has 0 spiro atoms. The molecule has 2 heterocycles. The van der Waals surface area contributed by atoms with Crippen molar-refractivity contribution in [1.29, 1.82) is 0 Å². The number of aromatic hydroxyl groups is 2. The van der Waals surface area contributed by atoms with E-state index in [4.69, 9.17) is 4.42 Å². The Bertz CT molecular complexity index is 1400. The van der Waals surface area contributed by atoms with E-state index in [2.05, 4.69) is 20.7 Å². The summed E-state index contributed by atoms with van der Waals surface area (Å²) in [5, 5.41) is 35.1. The van der Waals surface area contributed by atoms with Gasteiger partial charge in [-0.3, -0.25) is 14.5 Å². The number of tetrazole rings is 1. The zero-order valence-corrected chi connectivity index (χ0v) is 20.9. The molecule has 0 radical (unpaired) electrons.